The van der Waals surface area contributed by atoms with Crippen LogP contribution in [-0.2, 0) is 0 Å². The third-order valence-electron chi connectivity index (χ3n) is 4.42. The quantitative estimate of drug-likeness (QED) is 0.484. The second-order valence-electron chi connectivity index (χ2n) is 6.75. The van der Waals surface area contributed by atoms with Crippen LogP contribution < -0.4 is 4.90 Å². The molecule has 1 saturated heterocycles. The van der Waals surface area contributed by atoms with E-state index in [4.69, 9.17) is 0 Å². The van der Waals surface area contributed by atoms with Crippen molar-refractivity contribution in [2.24, 2.45) is 11.3 Å². The predicted molar refractivity (Wildman–Crippen MR) is 82.9 cm³/mol. The van der Waals surface area contributed by atoms with Gasteiger partial charge < -0.3 is 4.90 Å². The first-order chi connectivity index (χ1) is 9.82. The molecule has 1 heterocycles. The number of nitro benzene ring substituents is 1. The van der Waals surface area contributed by atoms with Gasteiger partial charge in [0.2, 0.25) is 0 Å². The van der Waals surface area contributed by atoms with Crippen LogP contribution >= 0.6 is 0 Å². The normalized spacial score (nSPS) is 16.8. The van der Waals surface area contributed by atoms with Crippen molar-refractivity contribution in [2.75, 3.05) is 18.0 Å². The number of anilines is 1. The monoisotopic (exact) mass is 290 g/mol. The number of piperidine rings is 1. The average molecular weight is 290 g/mol. The molecular formula is C16H22N2O3. The minimum Gasteiger partial charge on any atom is -0.371 e. The zero-order valence-corrected chi connectivity index (χ0v) is 12.8. The van der Waals surface area contributed by atoms with E-state index in [9.17, 15) is 14.9 Å². The highest BCUT2D eigenvalue weighted by atomic mass is 16.6. The number of nitrogens with zero attached hydrogens (tertiary/aromatic N) is 2. The van der Waals surface area contributed by atoms with Crippen molar-refractivity contribution in [3.05, 3.63) is 33.9 Å². The second-order valence-corrected chi connectivity index (χ2v) is 6.75. The number of benzene rings is 1. The van der Waals surface area contributed by atoms with Gasteiger partial charge in [-0.25, -0.2) is 0 Å². The van der Waals surface area contributed by atoms with Crippen molar-refractivity contribution in [2.45, 2.75) is 33.6 Å². The van der Waals surface area contributed by atoms with E-state index in [0.29, 0.717) is 17.6 Å². The fraction of sp³-hybridized carbons (Fsp3) is 0.562. The van der Waals surface area contributed by atoms with Crippen molar-refractivity contribution in [3.63, 3.8) is 0 Å². The molecule has 1 aliphatic heterocycles. The fourth-order valence-corrected chi connectivity index (χ4v) is 3.00. The highest BCUT2D eigenvalue weighted by molar-refractivity contribution is 5.83. The van der Waals surface area contributed by atoms with Gasteiger partial charge in [-0.05, 0) is 36.3 Å². The van der Waals surface area contributed by atoms with Crippen LogP contribution in [0.1, 0.15) is 44.0 Å². The Hall–Kier alpha value is -1.91. The summed E-state index contributed by atoms with van der Waals surface area (Å²) in [5, 5.41) is 10.9. The van der Waals surface area contributed by atoms with E-state index in [1.165, 1.54) is 6.07 Å². The molecule has 1 fully saturated rings. The van der Waals surface area contributed by atoms with Gasteiger partial charge in [-0.2, -0.15) is 0 Å². The van der Waals surface area contributed by atoms with E-state index < -0.39 is 4.92 Å². The molecule has 21 heavy (non-hydrogen) atoms. The summed E-state index contributed by atoms with van der Waals surface area (Å²) in [7, 11) is 0. The van der Waals surface area contributed by atoms with Gasteiger partial charge in [0.25, 0.3) is 5.69 Å². The molecule has 0 spiro atoms. The Morgan fingerprint density at radius 1 is 1.29 bits per heavy atom. The minimum absolute atomic E-state index is 0.127. The molecule has 114 valence electrons. The van der Waals surface area contributed by atoms with Crippen molar-refractivity contribution in [1.29, 1.82) is 0 Å². The Balaban J connectivity index is 2.14. The van der Waals surface area contributed by atoms with Crippen LogP contribution in [-0.4, -0.2) is 24.3 Å². The molecule has 5 heteroatoms. The second kappa shape index (κ2) is 5.84. The van der Waals surface area contributed by atoms with Crippen LogP contribution in [0.4, 0.5) is 11.4 Å². The van der Waals surface area contributed by atoms with E-state index in [0.717, 1.165) is 31.6 Å². The first-order valence-electron chi connectivity index (χ1n) is 7.31. The molecule has 2 rings (SSSR count). The van der Waals surface area contributed by atoms with Crippen LogP contribution in [0.3, 0.4) is 0 Å². The third-order valence-corrected chi connectivity index (χ3v) is 4.42. The molecule has 0 aromatic heterocycles. The molecule has 1 aromatic carbocycles. The molecule has 0 atom stereocenters. The first-order valence-corrected chi connectivity index (χ1v) is 7.31. The zero-order chi connectivity index (χ0) is 15.6. The van der Waals surface area contributed by atoms with Crippen LogP contribution in [0, 0.1) is 21.4 Å². The smallest absolute Gasteiger partial charge is 0.280 e. The van der Waals surface area contributed by atoms with Gasteiger partial charge >= 0.3 is 0 Å². The Morgan fingerprint density at radius 3 is 2.38 bits per heavy atom. The molecule has 0 radical (unpaired) electrons. The van der Waals surface area contributed by atoms with Gasteiger partial charge in [-0.3, -0.25) is 14.9 Å². The number of nitro groups is 1. The zero-order valence-electron chi connectivity index (χ0n) is 12.8. The summed E-state index contributed by atoms with van der Waals surface area (Å²) in [5.74, 6) is 0.692. The predicted octanol–water partition coefficient (Wildman–Crippen LogP) is 3.67. The van der Waals surface area contributed by atoms with Gasteiger partial charge in [0, 0.05) is 24.8 Å². The molecule has 1 aliphatic rings. The van der Waals surface area contributed by atoms with Crippen LogP contribution in [0.5, 0.6) is 0 Å². The van der Waals surface area contributed by atoms with E-state index >= 15 is 0 Å². The maximum absolute atomic E-state index is 11.0. The van der Waals surface area contributed by atoms with E-state index in [-0.39, 0.29) is 11.3 Å². The van der Waals surface area contributed by atoms with Gasteiger partial charge in [-0.1, -0.05) is 20.8 Å². The molecule has 0 saturated carbocycles. The summed E-state index contributed by atoms with van der Waals surface area (Å²) in [6.07, 6.45) is 2.78. The van der Waals surface area contributed by atoms with Gasteiger partial charge in [0.15, 0.2) is 6.29 Å². The molecular weight excluding hydrogens is 268 g/mol. The van der Waals surface area contributed by atoms with Crippen LogP contribution in [0.25, 0.3) is 0 Å². The summed E-state index contributed by atoms with van der Waals surface area (Å²) in [6, 6.07) is 4.79. The Kier molecular flexibility index (Phi) is 4.30. The van der Waals surface area contributed by atoms with Crippen LogP contribution in [0.2, 0.25) is 0 Å². The van der Waals surface area contributed by atoms with Crippen molar-refractivity contribution in [1.82, 2.24) is 0 Å². The molecule has 1 aromatic rings. The number of carbonyl (C=O) groups is 1. The van der Waals surface area contributed by atoms with Crippen molar-refractivity contribution < 1.29 is 9.72 Å². The Morgan fingerprint density at radius 2 is 1.90 bits per heavy atom. The topological polar surface area (TPSA) is 63.4 Å². The molecule has 0 aliphatic carbocycles. The van der Waals surface area contributed by atoms with Crippen molar-refractivity contribution >= 4 is 17.7 Å². The lowest BCUT2D eigenvalue weighted by molar-refractivity contribution is -0.385. The Bertz CT molecular complexity index is 541. The SMILES string of the molecule is CC(C)(C)C1CCN(c2ccc([N+](=O)[O-])c(C=O)c2)CC1. The number of hydrogen-bond acceptors (Lipinski definition) is 4. The largest absolute Gasteiger partial charge is 0.371 e. The average Bonchev–Trinajstić information content (AvgIpc) is 2.45. The first kappa shape index (κ1) is 15.5. The molecule has 0 amide bonds. The maximum atomic E-state index is 11.0. The number of carbonyl (C=O) groups excluding carboxylic acids is 1. The molecule has 0 unspecified atom stereocenters. The lowest BCUT2D eigenvalue weighted by Crippen LogP contribution is -2.38. The van der Waals surface area contributed by atoms with Gasteiger partial charge in [0.05, 0.1) is 10.5 Å². The lowest BCUT2D eigenvalue weighted by Gasteiger charge is -2.39. The van der Waals surface area contributed by atoms with Crippen LogP contribution in [0.15, 0.2) is 18.2 Å². The fourth-order valence-electron chi connectivity index (χ4n) is 3.00. The summed E-state index contributed by atoms with van der Waals surface area (Å²) in [4.78, 5) is 23.6. The maximum Gasteiger partial charge on any atom is 0.280 e. The van der Waals surface area contributed by atoms with E-state index in [1.807, 2.05) is 0 Å². The number of rotatable bonds is 3. The Labute approximate surface area is 125 Å². The molecule has 0 bridgehead atoms. The van der Waals surface area contributed by atoms with Gasteiger partial charge in [-0.15, -0.1) is 0 Å². The highest BCUT2D eigenvalue weighted by Gasteiger charge is 2.29. The molecule has 0 N–H and O–H groups in total. The standard InChI is InChI=1S/C16H22N2O3/c1-16(2,3)13-6-8-17(9-7-13)14-4-5-15(18(20)21)12(10-14)11-19/h4-5,10-11,13H,6-9H2,1-3H3. The summed E-state index contributed by atoms with van der Waals surface area (Å²) in [6.45, 7) is 8.66. The number of hydrogen-bond donors (Lipinski definition) is 0. The minimum atomic E-state index is -0.515. The summed E-state index contributed by atoms with van der Waals surface area (Å²) < 4.78 is 0. The van der Waals surface area contributed by atoms with E-state index in [2.05, 4.69) is 25.7 Å². The molecule has 5 nitrogen and oxygen atoms in total. The summed E-state index contributed by atoms with van der Waals surface area (Å²) in [5.41, 5.74) is 1.24. The van der Waals surface area contributed by atoms with E-state index in [1.54, 1.807) is 12.1 Å². The lowest BCUT2D eigenvalue weighted by atomic mass is 9.75. The number of aldehydes is 1. The van der Waals surface area contributed by atoms with Crippen molar-refractivity contribution in [3.8, 4) is 0 Å². The third kappa shape index (κ3) is 3.40. The highest BCUT2D eigenvalue weighted by Crippen LogP contribution is 2.36. The van der Waals surface area contributed by atoms with Gasteiger partial charge in [0.1, 0.15) is 0 Å². The summed E-state index contributed by atoms with van der Waals surface area (Å²) >= 11 is 0.